The standard InChI is InChI=1S/C19H22N4O2/c1-23(2)17-11-10-15(12-16(17)18(24)20-14-8-9-14)22-19(25)21-13-6-4-3-5-7-13/h3-7,10-12,14H,8-9H2,1-2H3,(H,20,24)(H2,21,22,25). The minimum absolute atomic E-state index is 0.113. The van der Waals surface area contributed by atoms with Gasteiger partial charge in [0, 0.05) is 37.2 Å². The summed E-state index contributed by atoms with van der Waals surface area (Å²) in [6.45, 7) is 0. The van der Waals surface area contributed by atoms with Crippen LogP contribution < -0.4 is 20.9 Å². The molecular weight excluding hydrogens is 316 g/mol. The van der Waals surface area contributed by atoms with Crippen LogP contribution in [0.2, 0.25) is 0 Å². The zero-order valence-electron chi connectivity index (χ0n) is 14.4. The van der Waals surface area contributed by atoms with Crippen molar-refractivity contribution in [3.63, 3.8) is 0 Å². The van der Waals surface area contributed by atoms with Crippen molar-refractivity contribution in [1.29, 1.82) is 0 Å². The van der Waals surface area contributed by atoms with Crippen LogP contribution in [0, 0.1) is 0 Å². The number of nitrogens with one attached hydrogen (secondary N) is 3. The second-order valence-electron chi connectivity index (χ2n) is 6.32. The van der Waals surface area contributed by atoms with Gasteiger partial charge in [-0.3, -0.25) is 4.79 Å². The molecule has 0 spiro atoms. The Morgan fingerprint density at radius 3 is 2.28 bits per heavy atom. The third-order valence-electron chi connectivity index (χ3n) is 3.93. The summed E-state index contributed by atoms with van der Waals surface area (Å²) in [6, 6.07) is 14.5. The van der Waals surface area contributed by atoms with Crippen LogP contribution >= 0.6 is 0 Å². The molecule has 3 amide bonds. The molecule has 0 saturated heterocycles. The summed E-state index contributed by atoms with van der Waals surface area (Å²) in [6.07, 6.45) is 2.06. The first-order valence-corrected chi connectivity index (χ1v) is 8.28. The molecule has 0 atom stereocenters. The molecule has 3 N–H and O–H groups in total. The molecule has 0 unspecified atom stereocenters. The van der Waals surface area contributed by atoms with Gasteiger partial charge in [-0.1, -0.05) is 18.2 Å². The molecule has 1 aliphatic carbocycles. The summed E-state index contributed by atoms with van der Waals surface area (Å²) in [5.74, 6) is -0.113. The van der Waals surface area contributed by atoms with E-state index in [9.17, 15) is 9.59 Å². The third-order valence-corrected chi connectivity index (χ3v) is 3.93. The maximum absolute atomic E-state index is 12.5. The Morgan fingerprint density at radius 2 is 1.64 bits per heavy atom. The minimum Gasteiger partial charge on any atom is -0.377 e. The molecule has 0 aromatic heterocycles. The topological polar surface area (TPSA) is 73.5 Å². The van der Waals surface area contributed by atoms with Gasteiger partial charge in [0.1, 0.15) is 0 Å². The maximum Gasteiger partial charge on any atom is 0.323 e. The van der Waals surface area contributed by atoms with Crippen molar-refractivity contribution in [1.82, 2.24) is 5.32 Å². The average molecular weight is 338 g/mol. The first-order valence-electron chi connectivity index (χ1n) is 8.28. The van der Waals surface area contributed by atoms with Crippen molar-refractivity contribution >= 4 is 29.0 Å². The van der Waals surface area contributed by atoms with Crippen LogP contribution in [0.15, 0.2) is 48.5 Å². The Morgan fingerprint density at radius 1 is 0.960 bits per heavy atom. The van der Waals surface area contributed by atoms with Gasteiger partial charge >= 0.3 is 6.03 Å². The summed E-state index contributed by atoms with van der Waals surface area (Å²) in [5.41, 5.74) is 2.64. The van der Waals surface area contributed by atoms with E-state index in [1.165, 1.54) is 0 Å². The van der Waals surface area contributed by atoms with Crippen LogP contribution in [-0.2, 0) is 0 Å². The van der Waals surface area contributed by atoms with Gasteiger partial charge in [0.2, 0.25) is 0 Å². The molecule has 6 heteroatoms. The Kier molecular flexibility index (Phi) is 4.88. The van der Waals surface area contributed by atoms with Crippen molar-refractivity contribution in [2.45, 2.75) is 18.9 Å². The maximum atomic E-state index is 12.5. The zero-order valence-corrected chi connectivity index (χ0v) is 14.4. The number of nitrogens with zero attached hydrogens (tertiary/aromatic N) is 1. The molecule has 25 heavy (non-hydrogen) atoms. The molecule has 1 fully saturated rings. The van der Waals surface area contributed by atoms with Gasteiger partial charge in [-0.15, -0.1) is 0 Å². The highest BCUT2D eigenvalue weighted by molar-refractivity contribution is 6.04. The largest absolute Gasteiger partial charge is 0.377 e. The fourth-order valence-electron chi connectivity index (χ4n) is 2.49. The van der Waals surface area contributed by atoms with E-state index in [0.29, 0.717) is 16.9 Å². The predicted octanol–water partition coefficient (Wildman–Crippen LogP) is 3.29. The Labute approximate surface area is 147 Å². The van der Waals surface area contributed by atoms with Gasteiger partial charge in [-0.25, -0.2) is 4.79 Å². The Bertz CT molecular complexity index is 770. The summed E-state index contributed by atoms with van der Waals surface area (Å²) < 4.78 is 0. The number of benzene rings is 2. The number of rotatable bonds is 5. The van der Waals surface area contributed by atoms with Crippen molar-refractivity contribution in [3.05, 3.63) is 54.1 Å². The average Bonchev–Trinajstić information content (AvgIpc) is 3.39. The molecular formula is C19H22N4O2. The molecule has 0 heterocycles. The Balaban J connectivity index is 1.74. The van der Waals surface area contributed by atoms with Crippen LogP contribution in [-0.4, -0.2) is 32.1 Å². The molecule has 0 radical (unpaired) electrons. The molecule has 6 nitrogen and oxygen atoms in total. The summed E-state index contributed by atoms with van der Waals surface area (Å²) in [4.78, 5) is 26.5. The lowest BCUT2D eigenvalue weighted by molar-refractivity contribution is 0.0951. The molecule has 2 aromatic carbocycles. The highest BCUT2D eigenvalue weighted by atomic mass is 16.2. The normalized spacial score (nSPS) is 13.0. The van der Waals surface area contributed by atoms with E-state index < -0.39 is 0 Å². The molecule has 1 aliphatic rings. The van der Waals surface area contributed by atoms with E-state index in [1.807, 2.05) is 55.4 Å². The van der Waals surface area contributed by atoms with Crippen LogP contribution in [0.5, 0.6) is 0 Å². The number of para-hydroxylation sites is 1. The highest BCUT2D eigenvalue weighted by Crippen LogP contribution is 2.25. The SMILES string of the molecule is CN(C)c1ccc(NC(=O)Nc2ccccc2)cc1C(=O)NC1CC1. The van der Waals surface area contributed by atoms with Gasteiger partial charge < -0.3 is 20.9 Å². The van der Waals surface area contributed by atoms with Crippen LogP contribution in [0.3, 0.4) is 0 Å². The van der Waals surface area contributed by atoms with Crippen LogP contribution in [0.4, 0.5) is 21.9 Å². The second kappa shape index (κ2) is 7.25. The van der Waals surface area contributed by atoms with Gasteiger partial charge in [0.15, 0.2) is 0 Å². The van der Waals surface area contributed by atoms with Crippen molar-refractivity contribution in [2.75, 3.05) is 29.6 Å². The number of amides is 3. The van der Waals surface area contributed by atoms with Crippen molar-refractivity contribution < 1.29 is 9.59 Å². The number of anilines is 3. The first kappa shape index (κ1) is 16.8. The first-order chi connectivity index (χ1) is 12.0. The van der Waals surface area contributed by atoms with E-state index in [1.54, 1.807) is 12.1 Å². The van der Waals surface area contributed by atoms with Gasteiger partial charge in [-0.2, -0.15) is 0 Å². The summed E-state index contributed by atoms with van der Waals surface area (Å²) >= 11 is 0. The third kappa shape index (κ3) is 4.50. The Hall–Kier alpha value is -3.02. The molecule has 130 valence electrons. The van der Waals surface area contributed by atoms with E-state index in [4.69, 9.17) is 0 Å². The quantitative estimate of drug-likeness (QED) is 0.783. The zero-order chi connectivity index (χ0) is 17.8. The van der Waals surface area contributed by atoms with Gasteiger partial charge in [0.05, 0.1) is 5.56 Å². The van der Waals surface area contributed by atoms with Gasteiger partial charge in [-0.05, 0) is 43.2 Å². The van der Waals surface area contributed by atoms with E-state index in [2.05, 4.69) is 16.0 Å². The number of urea groups is 1. The minimum atomic E-state index is -0.350. The summed E-state index contributed by atoms with van der Waals surface area (Å²) in [7, 11) is 3.77. The van der Waals surface area contributed by atoms with E-state index >= 15 is 0 Å². The van der Waals surface area contributed by atoms with Crippen molar-refractivity contribution in [2.24, 2.45) is 0 Å². The van der Waals surface area contributed by atoms with E-state index in [-0.39, 0.29) is 18.0 Å². The molecule has 0 aliphatic heterocycles. The van der Waals surface area contributed by atoms with Crippen LogP contribution in [0.1, 0.15) is 23.2 Å². The number of carbonyl (C=O) groups excluding carboxylic acids is 2. The highest BCUT2D eigenvalue weighted by Gasteiger charge is 2.25. The van der Waals surface area contributed by atoms with Gasteiger partial charge in [0.25, 0.3) is 5.91 Å². The van der Waals surface area contributed by atoms with E-state index in [0.717, 1.165) is 18.5 Å². The lowest BCUT2D eigenvalue weighted by Gasteiger charge is -2.18. The molecule has 3 rings (SSSR count). The smallest absolute Gasteiger partial charge is 0.323 e. The lowest BCUT2D eigenvalue weighted by atomic mass is 10.1. The predicted molar refractivity (Wildman–Crippen MR) is 100 cm³/mol. The number of hydrogen-bond acceptors (Lipinski definition) is 3. The van der Waals surface area contributed by atoms with Crippen molar-refractivity contribution in [3.8, 4) is 0 Å². The molecule has 0 bridgehead atoms. The monoisotopic (exact) mass is 338 g/mol. The lowest BCUT2D eigenvalue weighted by Crippen LogP contribution is -2.28. The fraction of sp³-hybridized carbons (Fsp3) is 0.263. The summed E-state index contributed by atoms with van der Waals surface area (Å²) in [5, 5.41) is 8.52. The molecule has 1 saturated carbocycles. The molecule has 2 aromatic rings. The fourth-order valence-corrected chi connectivity index (χ4v) is 2.49. The number of carbonyl (C=O) groups is 2. The van der Waals surface area contributed by atoms with Crippen LogP contribution in [0.25, 0.3) is 0 Å². The second-order valence-corrected chi connectivity index (χ2v) is 6.32. The number of hydrogen-bond donors (Lipinski definition) is 3.